The number of rotatable bonds is 3. The quantitative estimate of drug-likeness (QED) is 0.772. The van der Waals surface area contributed by atoms with Gasteiger partial charge >= 0.3 is 5.97 Å². The number of halogens is 1. The van der Waals surface area contributed by atoms with E-state index < -0.39 is 11.8 Å². The van der Waals surface area contributed by atoms with Gasteiger partial charge in [-0.25, -0.2) is 18.9 Å². The summed E-state index contributed by atoms with van der Waals surface area (Å²) in [5, 5.41) is 12.8. The summed E-state index contributed by atoms with van der Waals surface area (Å²) in [6, 6.07) is 5.80. The third-order valence-electron chi connectivity index (χ3n) is 2.43. The second-order valence-electron chi connectivity index (χ2n) is 3.67. The predicted octanol–water partition coefficient (Wildman–Crippen LogP) is 1.12. The summed E-state index contributed by atoms with van der Waals surface area (Å²) in [5.74, 6) is -1.18. The lowest BCUT2D eigenvalue weighted by Crippen LogP contribution is -2.07. The van der Waals surface area contributed by atoms with Crippen LogP contribution in [0.15, 0.2) is 24.5 Å². The van der Waals surface area contributed by atoms with Crippen LogP contribution in [0.5, 0.6) is 0 Å². The molecular weight excluding hydrogens is 251 g/mol. The number of benzene rings is 1. The Morgan fingerprint density at radius 1 is 1.58 bits per heavy atom. The van der Waals surface area contributed by atoms with E-state index in [9.17, 15) is 9.18 Å². The van der Waals surface area contributed by atoms with Crippen molar-refractivity contribution in [2.24, 2.45) is 0 Å². The van der Waals surface area contributed by atoms with E-state index in [0.29, 0.717) is 5.56 Å². The van der Waals surface area contributed by atoms with Crippen LogP contribution in [-0.4, -0.2) is 27.8 Å². The molecular formula is C12H9FN4O2. The van der Waals surface area contributed by atoms with Crippen LogP contribution in [0.1, 0.15) is 21.7 Å². The summed E-state index contributed by atoms with van der Waals surface area (Å²) in [6.07, 6.45) is 1.34. The van der Waals surface area contributed by atoms with Crippen LogP contribution >= 0.6 is 0 Å². The van der Waals surface area contributed by atoms with Crippen LogP contribution in [0.25, 0.3) is 0 Å². The molecule has 0 aliphatic rings. The first kappa shape index (κ1) is 12.7. The number of hydrogen-bond acceptors (Lipinski definition) is 5. The van der Waals surface area contributed by atoms with Crippen molar-refractivity contribution in [1.29, 1.82) is 5.26 Å². The van der Waals surface area contributed by atoms with Gasteiger partial charge in [0.1, 0.15) is 12.1 Å². The number of carbonyl (C=O) groups is 1. The number of ether oxygens (including phenoxy) is 1. The average molecular weight is 260 g/mol. The van der Waals surface area contributed by atoms with Crippen molar-refractivity contribution in [2.45, 2.75) is 6.54 Å². The lowest BCUT2D eigenvalue weighted by atomic mass is 10.1. The fourth-order valence-corrected chi connectivity index (χ4v) is 1.52. The Morgan fingerprint density at radius 2 is 2.37 bits per heavy atom. The van der Waals surface area contributed by atoms with Crippen molar-refractivity contribution >= 4 is 5.97 Å². The molecule has 0 N–H and O–H groups in total. The van der Waals surface area contributed by atoms with Crippen LogP contribution in [0.3, 0.4) is 0 Å². The van der Waals surface area contributed by atoms with Gasteiger partial charge in [0.25, 0.3) is 5.82 Å². The second kappa shape index (κ2) is 5.27. The summed E-state index contributed by atoms with van der Waals surface area (Å²) in [6.45, 7) is 0.215. The Balaban J connectivity index is 2.24. The number of aromatic nitrogens is 3. The van der Waals surface area contributed by atoms with E-state index in [0.717, 1.165) is 6.07 Å². The maximum atomic E-state index is 13.0. The lowest BCUT2D eigenvalue weighted by molar-refractivity contribution is 0.0586. The maximum Gasteiger partial charge on any atom is 0.377 e. The molecule has 0 aliphatic heterocycles. The van der Waals surface area contributed by atoms with E-state index >= 15 is 0 Å². The summed E-state index contributed by atoms with van der Waals surface area (Å²) in [5.41, 5.74) is 0.806. The van der Waals surface area contributed by atoms with Gasteiger partial charge in [-0.2, -0.15) is 5.26 Å². The fraction of sp³-hybridized carbons (Fsp3) is 0.167. The number of hydrogen-bond donors (Lipinski definition) is 0. The Morgan fingerprint density at radius 3 is 3.05 bits per heavy atom. The first-order valence-corrected chi connectivity index (χ1v) is 5.30. The Labute approximate surface area is 108 Å². The van der Waals surface area contributed by atoms with Gasteiger partial charge in [-0.1, -0.05) is 6.07 Å². The monoisotopic (exact) mass is 260 g/mol. The molecule has 6 nitrogen and oxygen atoms in total. The minimum Gasteiger partial charge on any atom is -0.463 e. The van der Waals surface area contributed by atoms with Gasteiger partial charge in [0.2, 0.25) is 0 Å². The van der Waals surface area contributed by atoms with Crippen molar-refractivity contribution in [3.05, 3.63) is 47.3 Å². The molecule has 0 saturated heterocycles. The van der Waals surface area contributed by atoms with Crippen LogP contribution < -0.4 is 0 Å². The van der Waals surface area contributed by atoms with Crippen molar-refractivity contribution in [2.75, 3.05) is 7.11 Å². The highest BCUT2D eigenvalue weighted by atomic mass is 19.1. The van der Waals surface area contributed by atoms with Crippen LogP contribution in [0.2, 0.25) is 0 Å². The SMILES string of the molecule is COC(=O)c1ncn(Cc2ccc(F)cc2C#N)n1. The van der Waals surface area contributed by atoms with E-state index in [1.54, 1.807) is 0 Å². The van der Waals surface area contributed by atoms with Crippen LogP contribution in [0, 0.1) is 17.1 Å². The largest absolute Gasteiger partial charge is 0.463 e. The molecule has 0 radical (unpaired) electrons. The topological polar surface area (TPSA) is 80.8 Å². The molecule has 0 aliphatic carbocycles. The minimum absolute atomic E-state index is 0.0666. The third-order valence-corrected chi connectivity index (χ3v) is 2.43. The van der Waals surface area contributed by atoms with Gasteiger partial charge in [0, 0.05) is 0 Å². The summed E-state index contributed by atoms with van der Waals surface area (Å²) >= 11 is 0. The van der Waals surface area contributed by atoms with E-state index in [2.05, 4.69) is 14.8 Å². The normalized spacial score (nSPS) is 9.95. The highest BCUT2D eigenvalue weighted by molar-refractivity contribution is 5.84. The molecule has 0 bridgehead atoms. The van der Waals surface area contributed by atoms with Gasteiger partial charge in [0.05, 0.1) is 25.3 Å². The maximum absolute atomic E-state index is 13.0. The minimum atomic E-state index is -0.640. The molecule has 1 aromatic carbocycles. The first-order chi connectivity index (χ1) is 9.13. The molecule has 7 heteroatoms. The van der Waals surface area contributed by atoms with Gasteiger partial charge in [-0.05, 0) is 17.7 Å². The lowest BCUT2D eigenvalue weighted by Gasteiger charge is -2.03. The number of carbonyl (C=O) groups excluding carboxylic acids is 1. The molecule has 1 heterocycles. The van der Waals surface area contributed by atoms with Crippen molar-refractivity contribution in [1.82, 2.24) is 14.8 Å². The number of nitriles is 1. The standard InChI is InChI=1S/C12H9FN4O2/c1-19-12(18)11-15-7-17(16-11)6-8-2-3-10(13)4-9(8)5-14/h2-4,7H,6H2,1H3. The van der Waals surface area contributed by atoms with E-state index in [4.69, 9.17) is 5.26 Å². The van der Waals surface area contributed by atoms with Gasteiger partial charge in [0.15, 0.2) is 0 Å². The molecule has 0 amide bonds. The molecule has 1 aromatic heterocycles. The molecule has 0 saturated carbocycles. The fourth-order valence-electron chi connectivity index (χ4n) is 1.52. The molecule has 0 spiro atoms. The van der Waals surface area contributed by atoms with E-state index in [1.807, 2.05) is 6.07 Å². The van der Waals surface area contributed by atoms with E-state index in [-0.39, 0.29) is 17.9 Å². The first-order valence-electron chi connectivity index (χ1n) is 5.30. The smallest absolute Gasteiger partial charge is 0.377 e. The second-order valence-corrected chi connectivity index (χ2v) is 3.67. The highest BCUT2D eigenvalue weighted by Crippen LogP contribution is 2.11. The predicted molar refractivity (Wildman–Crippen MR) is 61.6 cm³/mol. The third kappa shape index (κ3) is 2.74. The van der Waals surface area contributed by atoms with Crippen LogP contribution in [0.4, 0.5) is 4.39 Å². The Kier molecular flexibility index (Phi) is 3.52. The van der Waals surface area contributed by atoms with Crippen molar-refractivity contribution in [3.63, 3.8) is 0 Å². The average Bonchev–Trinajstić information content (AvgIpc) is 2.88. The van der Waals surface area contributed by atoms with Gasteiger partial charge < -0.3 is 4.74 Å². The van der Waals surface area contributed by atoms with E-state index in [1.165, 1.54) is 30.3 Å². The molecule has 0 atom stereocenters. The van der Waals surface area contributed by atoms with Crippen molar-refractivity contribution in [3.8, 4) is 6.07 Å². The zero-order valence-corrected chi connectivity index (χ0v) is 10.00. The molecule has 96 valence electrons. The molecule has 2 aromatic rings. The summed E-state index contributed by atoms with van der Waals surface area (Å²) < 4.78 is 18.8. The zero-order chi connectivity index (χ0) is 13.8. The van der Waals surface area contributed by atoms with Gasteiger partial charge in [-0.15, -0.1) is 5.10 Å². The van der Waals surface area contributed by atoms with Crippen molar-refractivity contribution < 1.29 is 13.9 Å². The molecule has 0 fully saturated rings. The Bertz CT molecular complexity index is 660. The number of nitrogens with zero attached hydrogens (tertiary/aromatic N) is 4. The summed E-state index contributed by atoms with van der Waals surface area (Å²) in [4.78, 5) is 15.0. The zero-order valence-electron chi connectivity index (χ0n) is 10.00. The molecule has 0 unspecified atom stereocenters. The molecule has 19 heavy (non-hydrogen) atoms. The Hall–Kier alpha value is -2.75. The summed E-state index contributed by atoms with van der Waals surface area (Å²) in [7, 11) is 1.23. The number of esters is 1. The number of methoxy groups -OCH3 is 1. The van der Waals surface area contributed by atoms with Crippen LogP contribution in [-0.2, 0) is 11.3 Å². The highest BCUT2D eigenvalue weighted by Gasteiger charge is 2.12. The molecule has 2 rings (SSSR count). The van der Waals surface area contributed by atoms with Gasteiger partial charge in [-0.3, -0.25) is 0 Å².